The lowest BCUT2D eigenvalue weighted by atomic mass is 9.83. The van der Waals surface area contributed by atoms with Crippen LogP contribution in [0.25, 0.3) is 0 Å². The molecular formula is C21H37N5O2S. The zero-order valence-electron chi connectivity index (χ0n) is 18.4. The molecule has 0 aliphatic heterocycles. The molecule has 1 aliphatic rings. The van der Waals surface area contributed by atoms with Crippen LogP contribution in [-0.2, 0) is 17.6 Å². The molecular weight excluding hydrogens is 386 g/mol. The number of nitrogens with two attached hydrogens (primary N) is 1. The summed E-state index contributed by atoms with van der Waals surface area (Å²) in [5, 5.41) is 4.24. The minimum atomic E-state index is -0.642. The van der Waals surface area contributed by atoms with Gasteiger partial charge in [0.1, 0.15) is 0 Å². The molecule has 1 aromatic heterocycles. The van der Waals surface area contributed by atoms with Crippen LogP contribution in [0.15, 0.2) is 0 Å². The molecule has 7 nitrogen and oxygen atoms in total. The van der Waals surface area contributed by atoms with Crippen molar-refractivity contribution in [2.24, 2.45) is 17.6 Å². The van der Waals surface area contributed by atoms with Crippen LogP contribution < -0.4 is 11.1 Å². The van der Waals surface area contributed by atoms with Crippen molar-refractivity contribution in [1.29, 1.82) is 0 Å². The van der Waals surface area contributed by atoms with Crippen molar-refractivity contribution < 1.29 is 9.59 Å². The maximum atomic E-state index is 13.2. The number of amides is 3. The fourth-order valence-corrected chi connectivity index (χ4v) is 5.22. The molecule has 8 heteroatoms. The molecule has 2 atom stereocenters. The van der Waals surface area contributed by atoms with Crippen LogP contribution in [0.5, 0.6) is 0 Å². The Bertz CT molecular complexity index is 674. The lowest BCUT2D eigenvalue weighted by molar-refractivity contribution is -0.133. The lowest BCUT2D eigenvalue weighted by Crippen LogP contribution is -2.47. The van der Waals surface area contributed by atoms with Gasteiger partial charge in [-0.05, 0) is 71.6 Å². The molecule has 0 spiro atoms. The Morgan fingerprint density at radius 2 is 2.03 bits per heavy atom. The number of aryl methyl sites for hydroxylation is 2. The number of nitrogens with one attached hydrogen (secondary N) is 1. The molecule has 0 aromatic carbocycles. The predicted molar refractivity (Wildman–Crippen MR) is 118 cm³/mol. The van der Waals surface area contributed by atoms with E-state index in [1.54, 1.807) is 11.3 Å². The van der Waals surface area contributed by atoms with Crippen molar-refractivity contribution >= 4 is 23.3 Å². The number of aromatic nitrogens is 1. The summed E-state index contributed by atoms with van der Waals surface area (Å²) < 4.78 is 0. The largest absolute Gasteiger partial charge is 0.351 e. The summed E-state index contributed by atoms with van der Waals surface area (Å²) in [7, 11) is 1.85. The fourth-order valence-electron chi connectivity index (χ4n) is 4.24. The molecule has 29 heavy (non-hydrogen) atoms. The van der Waals surface area contributed by atoms with Crippen LogP contribution in [0.4, 0.5) is 4.79 Å². The molecule has 3 amide bonds. The summed E-state index contributed by atoms with van der Waals surface area (Å²) in [6.45, 7) is 9.99. The Labute approximate surface area is 179 Å². The first-order valence-electron chi connectivity index (χ1n) is 10.8. The predicted octanol–water partition coefficient (Wildman–Crippen LogP) is 2.42. The van der Waals surface area contributed by atoms with Gasteiger partial charge in [-0.15, -0.1) is 11.3 Å². The highest BCUT2D eigenvalue weighted by Gasteiger charge is 2.31. The van der Waals surface area contributed by atoms with E-state index in [1.165, 1.54) is 15.5 Å². The first-order valence-corrected chi connectivity index (χ1v) is 11.6. The number of carbonyl (C=O) groups is 2. The van der Waals surface area contributed by atoms with Crippen molar-refractivity contribution in [2.45, 2.75) is 52.9 Å². The summed E-state index contributed by atoms with van der Waals surface area (Å²) in [6, 6.07) is -0.642. The van der Waals surface area contributed by atoms with Crippen molar-refractivity contribution in [3.05, 3.63) is 15.6 Å². The van der Waals surface area contributed by atoms with E-state index in [9.17, 15) is 9.59 Å². The Hall–Kier alpha value is -1.51. The molecule has 0 saturated heterocycles. The van der Waals surface area contributed by atoms with Gasteiger partial charge in [-0.3, -0.25) is 9.69 Å². The number of urea groups is 1. The van der Waals surface area contributed by atoms with E-state index in [4.69, 9.17) is 5.73 Å². The number of carbonyl (C=O) groups excluding carboxylic acids is 2. The van der Waals surface area contributed by atoms with Crippen molar-refractivity contribution in [3.8, 4) is 0 Å². The SMILES string of the molecule is CCN(CC)CCCN(C(N)=O)C(=O)C(CNC)CC1CCc2sc(C)nc2C1. The maximum Gasteiger partial charge on any atom is 0.321 e. The van der Waals surface area contributed by atoms with Crippen molar-refractivity contribution in [3.63, 3.8) is 0 Å². The van der Waals surface area contributed by atoms with E-state index in [2.05, 4.69) is 29.0 Å². The number of rotatable bonds is 11. The van der Waals surface area contributed by atoms with Gasteiger partial charge in [-0.1, -0.05) is 13.8 Å². The summed E-state index contributed by atoms with van der Waals surface area (Å²) in [6.07, 6.45) is 4.53. The minimum Gasteiger partial charge on any atom is -0.351 e. The number of fused-ring (bicyclic) bond motifs is 1. The van der Waals surface area contributed by atoms with Crippen LogP contribution >= 0.6 is 11.3 Å². The highest BCUT2D eigenvalue weighted by Crippen LogP contribution is 2.33. The molecule has 0 bridgehead atoms. The van der Waals surface area contributed by atoms with Crippen LogP contribution in [0.1, 0.15) is 48.7 Å². The first kappa shape index (κ1) is 23.8. The number of primary amides is 1. The minimum absolute atomic E-state index is 0.147. The molecule has 1 aliphatic carbocycles. The summed E-state index contributed by atoms with van der Waals surface area (Å²) in [5.74, 6) is 0.0237. The van der Waals surface area contributed by atoms with Crippen molar-refractivity contribution in [1.82, 2.24) is 20.1 Å². The standard InChI is InChI=1S/C21H37N5O2S/c1-5-25(6-2)10-7-11-26(21(22)28)20(27)17(14-23-4)12-16-8-9-19-18(13-16)24-15(3)29-19/h16-17,23H,5-14H2,1-4H3,(H2,22,28). The van der Waals surface area contributed by atoms with E-state index < -0.39 is 6.03 Å². The second kappa shape index (κ2) is 11.6. The average Bonchev–Trinajstić information content (AvgIpc) is 3.06. The Balaban J connectivity index is 1.99. The lowest BCUT2D eigenvalue weighted by Gasteiger charge is -2.29. The number of nitrogens with zero attached hydrogens (tertiary/aromatic N) is 3. The number of hydrogen-bond donors (Lipinski definition) is 2. The third kappa shape index (κ3) is 6.76. The fraction of sp³-hybridized carbons (Fsp3) is 0.762. The average molecular weight is 424 g/mol. The Morgan fingerprint density at radius 3 is 2.66 bits per heavy atom. The van der Waals surface area contributed by atoms with E-state index in [0.717, 1.165) is 56.7 Å². The van der Waals surface area contributed by atoms with Gasteiger partial charge in [0, 0.05) is 18.0 Å². The summed E-state index contributed by atoms with van der Waals surface area (Å²) in [5.41, 5.74) is 6.78. The Kier molecular flexibility index (Phi) is 9.52. The zero-order chi connectivity index (χ0) is 21.4. The highest BCUT2D eigenvalue weighted by atomic mass is 32.1. The molecule has 164 valence electrons. The third-order valence-corrected chi connectivity index (χ3v) is 6.92. The molecule has 2 rings (SSSR count). The molecule has 0 fully saturated rings. The zero-order valence-corrected chi connectivity index (χ0v) is 19.2. The molecule has 1 heterocycles. The molecule has 3 N–H and O–H groups in total. The summed E-state index contributed by atoms with van der Waals surface area (Å²) >= 11 is 1.79. The van der Waals surface area contributed by atoms with Gasteiger partial charge < -0.3 is 16.0 Å². The van der Waals surface area contributed by atoms with E-state index in [-0.39, 0.29) is 11.8 Å². The topological polar surface area (TPSA) is 91.6 Å². The second-order valence-corrected chi connectivity index (χ2v) is 9.20. The third-order valence-electron chi connectivity index (χ3n) is 5.85. The van der Waals surface area contributed by atoms with E-state index in [0.29, 0.717) is 19.0 Å². The van der Waals surface area contributed by atoms with E-state index >= 15 is 0 Å². The Morgan fingerprint density at radius 1 is 1.31 bits per heavy atom. The van der Waals surface area contributed by atoms with E-state index in [1.807, 2.05) is 14.0 Å². The smallest absolute Gasteiger partial charge is 0.321 e. The van der Waals surface area contributed by atoms with Gasteiger partial charge in [-0.2, -0.15) is 0 Å². The molecule has 2 unspecified atom stereocenters. The van der Waals surface area contributed by atoms with Gasteiger partial charge in [0.05, 0.1) is 16.6 Å². The number of imide groups is 1. The molecule has 0 radical (unpaired) electrons. The monoisotopic (exact) mass is 423 g/mol. The maximum absolute atomic E-state index is 13.2. The van der Waals surface area contributed by atoms with Crippen LogP contribution in [-0.4, -0.2) is 66.5 Å². The van der Waals surface area contributed by atoms with Crippen LogP contribution in [0.3, 0.4) is 0 Å². The highest BCUT2D eigenvalue weighted by molar-refractivity contribution is 7.11. The number of hydrogen-bond acceptors (Lipinski definition) is 6. The van der Waals surface area contributed by atoms with Gasteiger partial charge in [0.2, 0.25) is 5.91 Å². The molecule has 0 saturated carbocycles. The molecule has 1 aromatic rings. The summed E-state index contributed by atoms with van der Waals surface area (Å²) in [4.78, 5) is 34.8. The van der Waals surface area contributed by atoms with Crippen LogP contribution in [0, 0.1) is 18.8 Å². The second-order valence-electron chi connectivity index (χ2n) is 7.91. The van der Waals surface area contributed by atoms with Gasteiger partial charge in [-0.25, -0.2) is 9.78 Å². The van der Waals surface area contributed by atoms with Gasteiger partial charge in [0.15, 0.2) is 0 Å². The van der Waals surface area contributed by atoms with Crippen LogP contribution in [0.2, 0.25) is 0 Å². The van der Waals surface area contributed by atoms with Gasteiger partial charge >= 0.3 is 6.03 Å². The first-order chi connectivity index (χ1) is 13.9. The van der Waals surface area contributed by atoms with Gasteiger partial charge in [0.25, 0.3) is 0 Å². The van der Waals surface area contributed by atoms with Crippen molar-refractivity contribution in [2.75, 3.05) is 39.8 Å². The number of thiazole rings is 1. The quantitative estimate of drug-likeness (QED) is 0.570. The normalized spacial score (nSPS) is 17.2.